The van der Waals surface area contributed by atoms with Gasteiger partial charge in [-0.2, -0.15) is 26.3 Å². The molecule has 0 saturated heterocycles. The zero-order chi connectivity index (χ0) is 39.7. The Labute approximate surface area is 337 Å². The molecule has 2 heterocycles. The summed E-state index contributed by atoms with van der Waals surface area (Å²) in [5, 5.41) is 0.618. The zero-order valence-electron chi connectivity index (χ0n) is 28.1. The van der Waals surface area contributed by atoms with Gasteiger partial charge < -0.3 is 0 Å². The van der Waals surface area contributed by atoms with Crippen molar-refractivity contribution in [3.63, 3.8) is 0 Å². The smallest absolute Gasteiger partial charge is 0.299 e. The second-order valence-electron chi connectivity index (χ2n) is 11.9. The monoisotopic (exact) mass is 892 g/mol. The molecule has 0 unspecified atom stereocenters. The van der Waals surface area contributed by atoms with E-state index in [0.29, 0.717) is 33.1 Å². The van der Waals surface area contributed by atoms with Gasteiger partial charge in [-0.25, -0.2) is 18.4 Å². The maximum Gasteiger partial charge on any atom is 0.434 e. The zero-order valence-corrected chi connectivity index (χ0v) is 32.0. The van der Waals surface area contributed by atoms with Crippen LogP contribution in [0.15, 0.2) is 143 Å². The first-order valence-corrected chi connectivity index (χ1v) is 19.3. The lowest BCUT2D eigenvalue weighted by molar-refractivity contribution is -0.141. The Morgan fingerprint density at radius 2 is 1.02 bits per heavy atom. The quantitative estimate of drug-likeness (QED) is 0.156. The Bertz CT molecular complexity index is 2590. The van der Waals surface area contributed by atoms with E-state index in [-0.39, 0.29) is 29.0 Å². The summed E-state index contributed by atoms with van der Waals surface area (Å²) in [6.07, 6.45) is -6.12. The lowest BCUT2D eigenvalue weighted by atomic mass is 10.1. The molecule has 0 aliphatic carbocycles. The summed E-state index contributed by atoms with van der Waals surface area (Å²) in [7, 11) is -3.37. The molecule has 2 aromatic heterocycles. The van der Waals surface area contributed by atoms with E-state index < -0.39 is 33.6 Å². The number of benzene rings is 5. The number of hydrogen-bond donors (Lipinski definition) is 0. The molecular formula is C40H29BrCl2F6N4O2S. The molecule has 0 bridgehead atoms. The highest BCUT2D eigenvalue weighted by atomic mass is 79.9. The second-order valence-corrected chi connectivity index (χ2v) is 15.7. The van der Waals surface area contributed by atoms with Crippen LogP contribution in [0.3, 0.4) is 0 Å². The summed E-state index contributed by atoms with van der Waals surface area (Å²) in [5.41, 5.74) is 1.22. The predicted octanol–water partition coefficient (Wildman–Crippen LogP) is 12.9. The first-order chi connectivity index (χ1) is 25.9. The Hall–Kier alpha value is -4.89. The van der Waals surface area contributed by atoms with Gasteiger partial charge in [0.15, 0.2) is 21.2 Å². The highest BCUT2D eigenvalue weighted by molar-refractivity contribution is 9.10. The fourth-order valence-corrected chi connectivity index (χ4v) is 6.79. The normalized spacial score (nSPS) is 11.8. The van der Waals surface area contributed by atoms with Crippen molar-refractivity contribution in [1.82, 2.24) is 19.1 Å². The van der Waals surface area contributed by atoms with Gasteiger partial charge in [-0.3, -0.25) is 9.13 Å². The van der Waals surface area contributed by atoms with E-state index in [4.69, 9.17) is 23.2 Å². The molecular weight excluding hydrogens is 865 g/mol. The third-order valence-electron chi connectivity index (χ3n) is 8.07. The third-order valence-corrected chi connectivity index (χ3v) is 10.4. The fraction of sp³-hybridized carbons (Fsp3) is 0.100. The number of halogens is 9. The molecule has 0 fully saturated rings. The molecule has 5 aromatic carbocycles. The number of alkyl halides is 6. The summed E-state index contributed by atoms with van der Waals surface area (Å²) in [6.45, 7) is 0. The summed E-state index contributed by atoms with van der Waals surface area (Å²) >= 11 is 15.6. The molecule has 0 atom stereocenters. The molecule has 7 rings (SSSR count). The SMILES string of the molecule is C.CS(=O)(=O)c1cccc(-c2ccc(-n3cc(C(F)(F)F)nc3-c3ccccc3Cl)cc2)c1.FC(F)(F)c1cn(-c2ccc(Br)cc2)c(-c2ccccc2Cl)n1. The van der Waals surface area contributed by atoms with E-state index in [1.54, 1.807) is 115 Å². The van der Waals surface area contributed by atoms with Crippen LogP contribution in [-0.2, 0) is 22.2 Å². The third kappa shape index (κ3) is 9.55. The Kier molecular flexibility index (Phi) is 12.6. The van der Waals surface area contributed by atoms with Gasteiger partial charge in [-0.1, -0.05) is 95.1 Å². The minimum atomic E-state index is -4.62. The number of aromatic nitrogens is 4. The van der Waals surface area contributed by atoms with E-state index in [0.717, 1.165) is 28.7 Å². The molecule has 0 N–H and O–H groups in total. The highest BCUT2D eigenvalue weighted by Gasteiger charge is 2.36. The van der Waals surface area contributed by atoms with Gasteiger partial charge in [0.2, 0.25) is 0 Å². The molecule has 0 saturated carbocycles. The van der Waals surface area contributed by atoms with Crippen LogP contribution >= 0.6 is 39.1 Å². The molecule has 56 heavy (non-hydrogen) atoms. The molecule has 0 aliphatic heterocycles. The number of nitrogens with zero attached hydrogens (tertiary/aromatic N) is 4. The Balaban J connectivity index is 0.000000222. The standard InChI is InChI=1S/C23H16ClF3N2O2S.C16H9BrClF3N2.CH4/c1-32(30,31)18-6-4-5-16(13-18)15-9-11-17(12-10-15)29-14-21(23(25,26)27)28-22(29)19-7-2-3-8-20(19)24;17-10-5-7-11(8-6-10)23-9-14(16(19,20)21)22-15(23)12-3-1-2-4-13(12)18;/h2-14H,1H3;1-9H;1H4. The van der Waals surface area contributed by atoms with Gasteiger partial charge in [-0.15, -0.1) is 0 Å². The molecule has 6 nitrogen and oxygen atoms in total. The first-order valence-electron chi connectivity index (χ1n) is 15.9. The van der Waals surface area contributed by atoms with Crippen molar-refractivity contribution in [3.8, 4) is 45.3 Å². The van der Waals surface area contributed by atoms with Crippen molar-refractivity contribution in [2.45, 2.75) is 24.7 Å². The number of rotatable bonds is 6. The number of sulfone groups is 1. The van der Waals surface area contributed by atoms with Crippen LogP contribution in [0.5, 0.6) is 0 Å². The Morgan fingerprint density at radius 1 is 0.589 bits per heavy atom. The van der Waals surface area contributed by atoms with Crippen LogP contribution < -0.4 is 0 Å². The maximum atomic E-state index is 13.4. The molecule has 0 amide bonds. The van der Waals surface area contributed by atoms with Crippen LogP contribution in [0.25, 0.3) is 45.3 Å². The summed E-state index contributed by atoms with van der Waals surface area (Å²) in [6, 6.07) is 33.3. The van der Waals surface area contributed by atoms with E-state index >= 15 is 0 Å². The largest absolute Gasteiger partial charge is 0.434 e. The van der Waals surface area contributed by atoms with Crippen molar-refractivity contribution < 1.29 is 34.8 Å². The molecule has 16 heteroatoms. The van der Waals surface area contributed by atoms with Crippen LogP contribution in [0.1, 0.15) is 18.8 Å². The van der Waals surface area contributed by atoms with Crippen LogP contribution in [0.2, 0.25) is 10.0 Å². The van der Waals surface area contributed by atoms with Gasteiger partial charge in [-0.05, 0) is 83.9 Å². The van der Waals surface area contributed by atoms with Crippen LogP contribution in [0, 0.1) is 0 Å². The molecule has 0 radical (unpaired) electrons. The van der Waals surface area contributed by atoms with Gasteiger partial charge in [0.1, 0.15) is 11.6 Å². The maximum absolute atomic E-state index is 13.4. The van der Waals surface area contributed by atoms with Crippen LogP contribution in [0.4, 0.5) is 26.3 Å². The van der Waals surface area contributed by atoms with Gasteiger partial charge in [0, 0.05) is 45.6 Å². The molecule has 0 spiro atoms. The van der Waals surface area contributed by atoms with Crippen molar-refractivity contribution in [3.05, 3.63) is 160 Å². The van der Waals surface area contributed by atoms with Gasteiger partial charge >= 0.3 is 12.4 Å². The molecule has 0 aliphatic rings. The lowest BCUT2D eigenvalue weighted by Crippen LogP contribution is -2.05. The van der Waals surface area contributed by atoms with E-state index in [1.807, 2.05) is 0 Å². The summed E-state index contributed by atoms with van der Waals surface area (Å²) < 4.78 is 107. The summed E-state index contributed by atoms with van der Waals surface area (Å²) in [5.74, 6) is 0.208. The lowest BCUT2D eigenvalue weighted by Gasteiger charge is -2.10. The first kappa shape index (κ1) is 42.3. The van der Waals surface area contributed by atoms with Gasteiger partial charge in [0.05, 0.1) is 14.9 Å². The minimum Gasteiger partial charge on any atom is -0.299 e. The average Bonchev–Trinajstić information content (AvgIpc) is 3.79. The molecule has 290 valence electrons. The van der Waals surface area contributed by atoms with Crippen molar-refractivity contribution in [1.29, 1.82) is 0 Å². The van der Waals surface area contributed by atoms with Crippen molar-refractivity contribution >= 4 is 49.0 Å². The van der Waals surface area contributed by atoms with E-state index in [1.165, 1.54) is 15.2 Å². The number of imidazole rings is 2. The predicted molar refractivity (Wildman–Crippen MR) is 211 cm³/mol. The molecule has 7 aromatic rings. The van der Waals surface area contributed by atoms with E-state index in [2.05, 4.69) is 25.9 Å². The minimum absolute atomic E-state index is 0. The highest BCUT2D eigenvalue weighted by Crippen LogP contribution is 2.37. The number of hydrogen-bond acceptors (Lipinski definition) is 4. The van der Waals surface area contributed by atoms with Crippen LogP contribution in [-0.4, -0.2) is 33.8 Å². The van der Waals surface area contributed by atoms with Gasteiger partial charge in [0.25, 0.3) is 0 Å². The van der Waals surface area contributed by atoms with E-state index in [9.17, 15) is 34.8 Å². The van der Waals surface area contributed by atoms with Crippen molar-refractivity contribution in [2.24, 2.45) is 0 Å². The Morgan fingerprint density at radius 3 is 1.43 bits per heavy atom. The summed E-state index contributed by atoms with van der Waals surface area (Å²) in [4.78, 5) is 7.73. The topological polar surface area (TPSA) is 69.8 Å². The fourth-order valence-electron chi connectivity index (χ4n) is 5.41. The van der Waals surface area contributed by atoms with Crippen molar-refractivity contribution in [2.75, 3.05) is 6.26 Å². The average molecular weight is 895 g/mol. The second kappa shape index (κ2) is 16.7.